The predicted molar refractivity (Wildman–Crippen MR) is 119 cm³/mol. The van der Waals surface area contributed by atoms with Crippen LogP contribution in [0.5, 0.6) is 11.5 Å². The Kier molecular flexibility index (Phi) is 6.65. The van der Waals surface area contributed by atoms with E-state index in [1.165, 1.54) is 0 Å². The highest BCUT2D eigenvalue weighted by Crippen LogP contribution is 2.39. The van der Waals surface area contributed by atoms with Crippen molar-refractivity contribution in [3.8, 4) is 11.5 Å². The molecule has 4 rings (SSSR count). The first-order valence-corrected chi connectivity index (χ1v) is 11.2. The van der Waals surface area contributed by atoms with Gasteiger partial charge in [-0.3, -0.25) is 24.5 Å². The summed E-state index contributed by atoms with van der Waals surface area (Å²) in [4.78, 5) is 39.8. The Bertz CT molecular complexity index is 1080. The first kappa shape index (κ1) is 22.8. The number of benzene rings is 2. The molecule has 2 aromatic rings. The summed E-state index contributed by atoms with van der Waals surface area (Å²) in [7, 11) is 1.54. The standard InChI is InChI=1S/C25H28N2O6/c1-3-15-8-10-18-19(12-15)25(30)27(24(18)29)20(14-23(28)26-31)16-9-11-21(32-2)22(13-16)33-17-6-4-5-7-17/h8-13,17,20,31H,3-7,14H2,1-2H3,(H,26,28). The molecule has 1 unspecified atom stereocenters. The minimum atomic E-state index is -0.925. The molecular weight excluding hydrogens is 424 g/mol. The van der Waals surface area contributed by atoms with E-state index < -0.39 is 23.8 Å². The lowest BCUT2D eigenvalue weighted by molar-refractivity contribution is -0.130. The number of nitrogens with one attached hydrogen (secondary N) is 1. The Hall–Kier alpha value is -3.39. The van der Waals surface area contributed by atoms with Gasteiger partial charge < -0.3 is 9.47 Å². The third-order valence-electron chi connectivity index (χ3n) is 6.37. The van der Waals surface area contributed by atoms with E-state index in [9.17, 15) is 14.4 Å². The molecule has 174 valence electrons. The van der Waals surface area contributed by atoms with Crippen LogP contribution in [-0.4, -0.2) is 41.0 Å². The molecule has 0 spiro atoms. The van der Waals surface area contributed by atoms with Crippen LogP contribution in [0.25, 0.3) is 0 Å². The molecule has 0 bridgehead atoms. The van der Waals surface area contributed by atoms with Crippen molar-refractivity contribution in [1.29, 1.82) is 0 Å². The van der Waals surface area contributed by atoms with Crippen molar-refractivity contribution in [2.24, 2.45) is 0 Å². The highest BCUT2D eigenvalue weighted by atomic mass is 16.5. The van der Waals surface area contributed by atoms with Crippen LogP contribution < -0.4 is 15.0 Å². The summed E-state index contributed by atoms with van der Waals surface area (Å²) >= 11 is 0. The molecule has 1 heterocycles. The zero-order valence-electron chi connectivity index (χ0n) is 18.8. The Labute approximate surface area is 192 Å². The van der Waals surface area contributed by atoms with Crippen LogP contribution in [0.15, 0.2) is 36.4 Å². The topological polar surface area (TPSA) is 105 Å². The van der Waals surface area contributed by atoms with E-state index in [1.54, 1.807) is 42.9 Å². The van der Waals surface area contributed by atoms with Gasteiger partial charge in [0.15, 0.2) is 11.5 Å². The van der Waals surface area contributed by atoms with Gasteiger partial charge in [-0.1, -0.05) is 19.1 Å². The van der Waals surface area contributed by atoms with E-state index in [0.717, 1.165) is 42.6 Å². The molecule has 3 amide bonds. The van der Waals surface area contributed by atoms with Crippen molar-refractivity contribution < 1.29 is 29.1 Å². The van der Waals surface area contributed by atoms with Crippen LogP contribution in [0.4, 0.5) is 0 Å². The summed E-state index contributed by atoms with van der Waals surface area (Å²) in [5.74, 6) is -0.607. The van der Waals surface area contributed by atoms with Crippen molar-refractivity contribution in [3.05, 3.63) is 58.7 Å². The number of imide groups is 1. The number of nitrogens with zero attached hydrogens (tertiary/aromatic N) is 1. The maximum absolute atomic E-state index is 13.3. The molecule has 2 aromatic carbocycles. The first-order valence-electron chi connectivity index (χ1n) is 11.2. The fourth-order valence-corrected chi connectivity index (χ4v) is 4.57. The number of fused-ring (bicyclic) bond motifs is 1. The van der Waals surface area contributed by atoms with Gasteiger partial charge in [-0.2, -0.15) is 0 Å². The largest absolute Gasteiger partial charge is 0.493 e. The fourth-order valence-electron chi connectivity index (χ4n) is 4.57. The first-order chi connectivity index (χ1) is 16.0. The van der Waals surface area contributed by atoms with Gasteiger partial charge in [0.05, 0.1) is 36.8 Å². The third kappa shape index (κ3) is 4.43. The summed E-state index contributed by atoms with van der Waals surface area (Å²) in [6.45, 7) is 1.97. The number of amides is 3. The number of carbonyl (C=O) groups excluding carboxylic acids is 3. The van der Waals surface area contributed by atoms with Gasteiger partial charge in [-0.15, -0.1) is 0 Å². The van der Waals surface area contributed by atoms with E-state index in [2.05, 4.69) is 0 Å². The third-order valence-corrected chi connectivity index (χ3v) is 6.37. The summed E-state index contributed by atoms with van der Waals surface area (Å²) in [5, 5.41) is 9.14. The molecule has 2 aliphatic rings. The molecule has 0 saturated heterocycles. The summed E-state index contributed by atoms with van der Waals surface area (Å²) in [6, 6.07) is 9.40. The van der Waals surface area contributed by atoms with Gasteiger partial charge in [0.1, 0.15) is 0 Å². The van der Waals surface area contributed by atoms with Crippen LogP contribution in [0.2, 0.25) is 0 Å². The Morgan fingerprint density at radius 1 is 1.09 bits per heavy atom. The number of rotatable bonds is 8. The van der Waals surface area contributed by atoms with E-state index in [-0.39, 0.29) is 12.5 Å². The number of carbonyl (C=O) groups is 3. The summed E-state index contributed by atoms with van der Waals surface area (Å²) in [6.07, 6.45) is 4.59. The lowest BCUT2D eigenvalue weighted by Gasteiger charge is -2.27. The minimum absolute atomic E-state index is 0.0695. The van der Waals surface area contributed by atoms with Gasteiger partial charge >= 0.3 is 0 Å². The molecule has 8 nitrogen and oxygen atoms in total. The zero-order chi connectivity index (χ0) is 23.5. The van der Waals surface area contributed by atoms with Crippen LogP contribution in [-0.2, 0) is 11.2 Å². The maximum atomic E-state index is 13.3. The quantitative estimate of drug-likeness (QED) is 0.358. The van der Waals surface area contributed by atoms with Crippen LogP contribution in [0.3, 0.4) is 0 Å². The second-order valence-corrected chi connectivity index (χ2v) is 8.40. The van der Waals surface area contributed by atoms with Crippen molar-refractivity contribution in [2.45, 2.75) is 57.6 Å². The van der Waals surface area contributed by atoms with Gasteiger partial charge in [0, 0.05) is 0 Å². The van der Waals surface area contributed by atoms with Crippen molar-refractivity contribution >= 4 is 17.7 Å². The average molecular weight is 453 g/mol. The van der Waals surface area contributed by atoms with Gasteiger partial charge in [0.2, 0.25) is 5.91 Å². The molecule has 0 radical (unpaired) electrons. The predicted octanol–water partition coefficient (Wildman–Crippen LogP) is 3.81. The number of hydrogen-bond donors (Lipinski definition) is 2. The zero-order valence-corrected chi connectivity index (χ0v) is 18.8. The normalized spacial score (nSPS) is 16.6. The molecule has 1 fully saturated rings. The minimum Gasteiger partial charge on any atom is -0.493 e. The second kappa shape index (κ2) is 9.62. The van der Waals surface area contributed by atoms with E-state index in [0.29, 0.717) is 28.2 Å². The molecule has 2 N–H and O–H groups in total. The van der Waals surface area contributed by atoms with Crippen molar-refractivity contribution in [3.63, 3.8) is 0 Å². The van der Waals surface area contributed by atoms with E-state index in [4.69, 9.17) is 14.7 Å². The Morgan fingerprint density at radius 2 is 1.82 bits per heavy atom. The molecule has 1 saturated carbocycles. The van der Waals surface area contributed by atoms with Crippen LogP contribution >= 0.6 is 0 Å². The van der Waals surface area contributed by atoms with Gasteiger partial charge in [0.25, 0.3) is 11.8 Å². The van der Waals surface area contributed by atoms with E-state index >= 15 is 0 Å². The molecule has 1 atom stereocenters. The number of hydroxylamine groups is 1. The highest BCUT2D eigenvalue weighted by Gasteiger charge is 2.41. The molecule has 33 heavy (non-hydrogen) atoms. The Balaban J connectivity index is 1.73. The number of hydrogen-bond acceptors (Lipinski definition) is 6. The molecule has 1 aliphatic carbocycles. The van der Waals surface area contributed by atoms with Gasteiger partial charge in [-0.25, -0.2) is 5.48 Å². The van der Waals surface area contributed by atoms with Crippen molar-refractivity contribution in [2.75, 3.05) is 7.11 Å². The second-order valence-electron chi connectivity index (χ2n) is 8.40. The Morgan fingerprint density at radius 3 is 2.48 bits per heavy atom. The molecule has 1 aliphatic heterocycles. The number of ether oxygens (including phenoxy) is 2. The lowest BCUT2D eigenvalue weighted by Crippen LogP contribution is -2.37. The van der Waals surface area contributed by atoms with Gasteiger partial charge in [-0.05, 0) is 67.5 Å². The van der Waals surface area contributed by atoms with Crippen LogP contribution in [0, 0.1) is 0 Å². The number of aryl methyl sites for hydroxylation is 1. The summed E-state index contributed by atoms with van der Waals surface area (Å²) < 4.78 is 11.6. The SMILES string of the molecule is CCc1ccc2c(c1)C(=O)N(C(CC(=O)NO)c1ccc(OC)c(OC3CCCC3)c1)C2=O. The van der Waals surface area contributed by atoms with E-state index in [1.807, 2.05) is 13.0 Å². The average Bonchev–Trinajstić information content (AvgIpc) is 3.43. The van der Waals surface area contributed by atoms with Crippen LogP contribution in [0.1, 0.15) is 76.9 Å². The number of methoxy groups -OCH3 is 1. The molecule has 0 aromatic heterocycles. The monoisotopic (exact) mass is 452 g/mol. The highest BCUT2D eigenvalue weighted by molar-refractivity contribution is 6.21. The lowest BCUT2D eigenvalue weighted by atomic mass is 10.0. The maximum Gasteiger partial charge on any atom is 0.262 e. The molecule has 8 heteroatoms. The molecular formula is C25H28N2O6. The fraction of sp³-hybridized carbons (Fsp3) is 0.400. The smallest absolute Gasteiger partial charge is 0.262 e. The van der Waals surface area contributed by atoms with Crippen molar-refractivity contribution in [1.82, 2.24) is 10.4 Å². The summed E-state index contributed by atoms with van der Waals surface area (Å²) in [5.41, 5.74) is 3.72.